The van der Waals surface area contributed by atoms with Gasteiger partial charge in [0.1, 0.15) is 0 Å². The lowest BCUT2D eigenvalue weighted by molar-refractivity contribution is -0.142. The quantitative estimate of drug-likeness (QED) is 0.295. The number of benzene rings is 1. The van der Waals surface area contributed by atoms with E-state index in [0.29, 0.717) is 13.0 Å². The van der Waals surface area contributed by atoms with Crippen molar-refractivity contribution in [2.45, 2.75) is 25.7 Å². The third kappa shape index (κ3) is 4.06. The van der Waals surface area contributed by atoms with Gasteiger partial charge in [-0.25, -0.2) is 0 Å². The van der Waals surface area contributed by atoms with E-state index in [2.05, 4.69) is 21.9 Å². The van der Waals surface area contributed by atoms with Gasteiger partial charge in [0, 0.05) is 23.4 Å². The molecule has 0 heterocycles. The molecule has 0 aliphatic carbocycles. The highest BCUT2D eigenvalue weighted by Gasteiger charge is 2.28. The number of azide groups is 1. The lowest BCUT2D eigenvalue weighted by Crippen LogP contribution is -2.28. The second-order valence-electron chi connectivity index (χ2n) is 4.51. The van der Waals surface area contributed by atoms with E-state index in [1.54, 1.807) is 38.1 Å². The minimum Gasteiger partial charge on any atom is -0.481 e. The smallest absolute Gasteiger partial charge is 0.313 e. The molecule has 0 aliphatic rings. The molecule has 98 valence electrons. The van der Waals surface area contributed by atoms with Crippen molar-refractivity contribution in [1.29, 1.82) is 0 Å². The molecule has 0 radical (unpaired) electrons. The van der Waals surface area contributed by atoms with E-state index in [4.69, 9.17) is 10.6 Å². The maximum absolute atomic E-state index is 11.1. The number of carboxylic acid groups (broad SMARTS) is 1. The van der Waals surface area contributed by atoms with E-state index < -0.39 is 11.4 Å². The van der Waals surface area contributed by atoms with Crippen LogP contribution in [-0.4, -0.2) is 17.6 Å². The molecule has 5 heteroatoms. The largest absolute Gasteiger partial charge is 0.481 e. The Hall–Kier alpha value is -2.44. The molecule has 1 aromatic carbocycles. The molecule has 5 nitrogen and oxygen atoms in total. The summed E-state index contributed by atoms with van der Waals surface area (Å²) >= 11 is 0. The standard InChI is InChI=1S/C14H15N3O2/c1-14(2,13(18)19)12-8-6-11(7-9-12)5-3-4-10-16-17-15/h6-9H,4,10H2,1-2H3,(H,18,19). The van der Waals surface area contributed by atoms with Crippen LogP contribution in [0, 0.1) is 11.8 Å². The zero-order valence-electron chi connectivity index (χ0n) is 10.9. The number of nitrogens with zero attached hydrogens (tertiary/aromatic N) is 3. The first kappa shape index (κ1) is 14.6. The molecule has 0 fully saturated rings. The number of hydrogen-bond acceptors (Lipinski definition) is 2. The molecule has 0 spiro atoms. The molecule has 0 saturated carbocycles. The van der Waals surface area contributed by atoms with Crippen molar-refractivity contribution in [3.63, 3.8) is 0 Å². The fourth-order valence-corrected chi connectivity index (χ4v) is 1.41. The Balaban J connectivity index is 2.77. The van der Waals surface area contributed by atoms with Crippen LogP contribution in [0.4, 0.5) is 0 Å². The summed E-state index contributed by atoms with van der Waals surface area (Å²) in [7, 11) is 0. The summed E-state index contributed by atoms with van der Waals surface area (Å²) in [6.07, 6.45) is 0.506. The third-order valence-electron chi connectivity index (χ3n) is 2.77. The SMILES string of the molecule is CC(C)(C(=O)O)c1ccc(C#CCCN=[N+]=[N-])cc1. The summed E-state index contributed by atoms with van der Waals surface area (Å²) in [4.78, 5) is 13.7. The van der Waals surface area contributed by atoms with Gasteiger partial charge in [-0.15, -0.1) is 0 Å². The first-order valence-electron chi connectivity index (χ1n) is 5.82. The Morgan fingerprint density at radius 2 is 2.05 bits per heavy atom. The van der Waals surface area contributed by atoms with Crippen molar-refractivity contribution in [3.05, 3.63) is 45.8 Å². The van der Waals surface area contributed by atoms with Gasteiger partial charge in [0.15, 0.2) is 0 Å². The van der Waals surface area contributed by atoms with Gasteiger partial charge in [-0.2, -0.15) is 0 Å². The zero-order valence-corrected chi connectivity index (χ0v) is 10.9. The maximum atomic E-state index is 11.1. The van der Waals surface area contributed by atoms with Crippen LogP contribution in [0.5, 0.6) is 0 Å². The first-order valence-corrected chi connectivity index (χ1v) is 5.82. The average Bonchev–Trinajstić information content (AvgIpc) is 2.39. The second-order valence-corrected chi connectivity index (χ2v) is 4.51. The van der Waals surface area contributed by atoms with E-state index in [9.17, 15) is 4.79 Å². The van der Waals surface area contributed by atoms with E-state index in [1.807, 2.05) is 0 Å². The summed E-state index contributed by atoms with van der Waals surface area (Å²) in [6.45, 7) is 3.68. The maximum Gasteiger partial charge on any atom is 0.313 e. The predicted molar refractivity (Wildman–Crippen MR) is 72.6 cm³/mol. The molecular weight excluding hydrogens is 242 g/mol. The van der Waals surface area contributed by atoms with Crippen LogP contribution in [-0.2, 0) is 10.2 Å². The Bertz CT molecular complexity index is 559. The number of hydrogen-bond donors (Lipinski definition) is 1. The summed E-state index contributed by atoms with van der Waals surface area (Å²) in [6, 6.07) is 7.12. The lowest BCUT2D eigenvalue weighted by atomic mass is 9.84. The van der Waals surface area contributed by atoms with Crippen LogP contribution >= 0.6 is 0 Å². The fraction of sp³-hybridized carbons (Fsp3) is 0.357. The van der Waals surface area contributed by atoms with Crippen LogP contribution in [0.15, 0.2) is 29.4 Å². The molecule has 0 aliphatic heterocycles. The third-order valence-corrected chi connectivity index (χ3v) is 2.77. The Labute approximate surface area is 111 Å². The highest BCUT2D eigenvalue weighted by Crippen LogP contribution is 2.23. The zero-order chi connectivity index (χ0) is 14.3. The summed E-state index contributed by atoms with van der Waals surface area (Å²) in [5, 5.41) is 12.5. The molecule has 0 unspecified atom stereocenters. The molecule has 0 saturated heterocycles. The van der Waals surface area contributed by atoms with E-state index in [-0.39, 0.29) is 0 Å². The first-order chi connectivity index (χ1) is 8.98. The number of carbonyl (C=O) groups is 1. The minimum atomic E-state index is -0.909. The van der Waals surface area contributed by atoms with E-state index in [0.717, 1.165) is 11.1 Å². The highest BCUT2D eigenvalue weighted by molar-refractivity contribution is 5.80. The van der Waals surface area contributed by atoms with Crippen molar-refractivity contribution >= 4 is 5.97 Å². The second kappa shape index (κ2) is 6.48. The minimum absolute atomic E-state index is 0.355. The van der Waals surface area contributed by atoms with Crippen molar-refractivity contribution in [2.75, 3.05) is 6.54 Å². The van der Waals surface area contributed by atoms with Gasteiger partial charge in [-0.05, 0) is 37.1 Å². The van der Waals surface area contributed by atoms with E-state index >= 15 is 0 Å². The average molecular weight is 257 g/mol. The Morgan fingerprint density at radius 1 is 1.42 bits per heavy atom. The summed E-state index contributed by atoms with van der Waals surface area (Å²) in [5.74, 6) is 4.96. The molecule has 1 N–H and O–H groups in total. The molecule has 0 bridgehead atoms. The van der Waals surface area contributed by atoms with Crippen LogP contribution in [0.25, 0.3) is 10.4 Å². The lowest BCUT2D eigenvalue weighted by Gasteiger charge is -2.19. The normalized spacial score (nSPS) is 10.0. The van der Waals surface area contributed by atoms with Gasteiger partial charge >= 0.3 is 5.97 Å². The van der Waals surface area contributed by atoms with Crippen LogP contribution in [0.3, 0.4) is 0 Å². The Kier molecular flexibility index (Phi) is 4.99. The molecule has 0 amide bonds. The number of rotatable bonds is 4. The van der Waals surface area contributed by atoms with Gasteiger partial charge in [-0.3, -0.25) is 4.79 Å². The van der Waals surface area contributed by atoms with Crippen molar-refractivity contribution in [2.24, 2.45) is 5.11 Å². The van der Waals surface area contributed by atoms with Crippen LogP contribution < -0.4 is 0 Å². The molecular formula is C14H15N3O2. The monoisotopic (exact) mass is 257 g/mol. The molecule has 1 aromatic rings. The van der Waals surface area contributed by atoms with Crippen molar-refractivity contribution < 1.29 is 9.90 Å². The molecule has 0 atom stereocenters. The predicted octanol–water partition coefficient (Wildman–Crippen LogP) is 3.10. The Morgan fingerprint density at radius 3 is 2.58 bits per heavy atom. The fourth-order valence-electron chi connectivity index (χ4n) is 1.41. The van der Waals surface area contributed by atoms with Gasteiger partial charge in [0.25, 0.3) is 0 Å². The summed E-state index contributed by atoms with van der Waals surface area (Å²) in [5.41, 5.74) is 8.73. The topological polar surface area (TPSA) is 86.1 Å². The van der Waals surface area contributed by atoms with Crippen LogP contribution in [0.2, 0.25) is 0 Å². The van der Waals surface area contributed by atoms with Crippen molar-refractivity contribution in [1.82, 2.24) is 0 Å². The van der Waals surface area contributed by atoms with E-state index in [1.165, 1.54) is 0 Å². The van der Waals surface area contributed by atoms with Gasteiger partial charge in [0.05, 0.1) is 5.41 Å². The molecule has 19 heavy (non-hydrogen) atoms. The van der Waals surface area contributed by atoms with Gasteiger partial charge < -0.3 is 5.11 Å². The van der Waals surface area contributed by atoms with Gasteiger partial charge in [0.2, 0.25) is 0 Å². The van der Waals surface area contributed by atoms with Crippen LogP contribution in [0.1, 0.15) is 31.4 Å². The number of aliphatic carboxylic acids is 1. The molecule has 1 rings (SSSR count). The molecule has 0 aromatic heterocycles. The highest BCUT2D eigenvalue weighted by atomic mass is 16.4. The summed E-state index contributed by atoms with van der Waals surface area (Å²) < 4.78 is 0. The number of carboxylic acids is 1. The van der Waals surface area contributed by atoms with Gasteiger partial charge in [-0.1, -0.05) is 29.1 Å². The van der Waals surface area contributed by atoms with Crippen molar-refractivity contribution in [3.8, 4) is 11.8 Å².